The van der Waals surface area contributed by atoms with Gasteiger partial charge in [-0.1, -0.05) is 6.07 Å². The Morgan fingerprint density at radius 1 is 1.23 bits per heavy atom. The van der Waals surface area contributed by atoms with E-state index in [0.717, 1.165) is 0 Å². The van der Waals surface area contributed by atoms with Crippen molar-refractivity contribution in [2.75, 3.05) is 5.32 Å². The Kier molecular flexibility index (Phi) is 5.15. The van der Waals surface area contributed by atoms with Gasteiger partial charge in [0.1, 0.15) is 23.0 Å². The number of ether oxygens (including phenoxy) is 1. The maximum atomic E-state index is 12.0. The maximum Gasteiger partial charge on any atom is 0.319 e. The van der Waals surface area contributed by atoms with E-state index >= 15 is 0 Å². The zero-order valence-corrected chi connectivity index (χ0v) is 14.0. The standard InChI is InChI=1S/C19H16N4O3/c1-13-18(22-12-25-13)11-21-19(24)23-15-3-2-4-17(9-15)26-16-7-5-14(10-20)6-8-16/h2-9,12H,11H2,1H3,(H2,21,23,24). The normalized spacial score (nSPS) is 10.0. The average molecular weight is 348 g/mol. The number of nitrogens with zero attached hydrogens (tertiary/aromatic N) is 2. The van der Waals surface area contributed by atoms with Gasteiger partial charge in [0.25, 0.3) is 0 Å². The van der Waals surface area contributed by atoms with E-state index in [4.69, 9.17) is 14.4 Å². The third-order valence-electron chi connectivity index (χ3n) is 3.57. The molecule has 0 aliphatic carbocycles. The number of amides is 2. The van der Waals surface area contributed by atoms with Crippen molar-refractivity contribution < 1.29 is 13.9 Å². The van der Waals surface area contributed by atoms with Crippen LogP contribution in [0.2, 0.25) is 0 Å². The number of carbonyl (C=O) groups is 1. The number of urea groups is 1. The molecule has 130 valence electrons. The van der Waals surface area contributed by atoms with E-state index in [0.29, 0.717) is 34.2 Å². The average Bonchev–Trinajstić information content (AvgIpc) is 3.06. The third kappa shape index (κ3) is 4.39. The van der Waals surface area contributed by atoms with Crippen LogP contribution in [0.25, 0.3) is 0 Å². The predicted octanol–water partition coefficient (Wildman–Crippen LogP) is 3.97. The highest BCUT2D eigenvalue weighted by Gasteiger charge is 2.07. The Morgan fingerprint density at radius 3 is 2.73 bits per heavy atom. The molecule has 2 aromatic carbocycles. The molecule has 1 aromatic heterocycles. The lowest BCUT2D eigenvalue weighted by molar-refractivity contribution is 0.251. The zero-order valence-electron chi connectivity index (χ0n) is 14.0. The summed E-state index contributed by atoms with van der Waals surface area (Å²) in [5.41, 5.74) is 1.83. The van der Waals surface area contributed by atoms with Crippen LogP contribution in [0.4, 0.5) is 10.5 Å². The van der Waals surface area contributed by atoms with Crippen molar-refractivity contribution >= 4 is 11.7 Å². The molecule has 0 fully saturated rings. The van der Waals surface area contributed by atoms with Gasteiger partial charge in [-0.05, 0) is 43.3 Å². The van der Waals surface area contributed by atoms with Crippen LogP contribution in [-0.4, -0.2) is 11.0 Å². The van der Waals surface area contributed by atoms with E-state index in [2.05, 4.69) is 21.7 Å². The van der Waals surface area contributed by atoms with Gasteiger partial charge in [-0.3, -0.25) is 0 Å². The number of benzene rings is 2. The minimum atomic E-state index is -0.358. The van der Waals surface area contributed by atoms with Crippen LogP contribution in [0.3, 0.4) is 0 Å². The number of aromatic nitrogens is 1. The number of hydrogen-bond donors (Lipinski definition) is 2. The fourth-order valence-electron chi connectivity index (χ4n) is 2.21. The van der Waals surface area contributed by atoms with Crippen molar-refractivity contribution in [1.29, 1.82) is 5.26 Å². The van der Waals surface area contributed by atoms with Gasteiger partial charge in [0.2, 0.25) is 0 Å². The van der Waals surface area contributed by atoms with Crippen molar-refractivity contribution in [3.8, 4) is 17.6 Å². The molecule has 0 saturated carbocycles. The molecule has 0 saturated heterocycles. The Bertz CT molecular complexity index is 942. The van der Waals surface area contributed by atoms with Crippen LogP contribution in [0, 0.1) is 18.3 Å². The molecule has 0 radical (unpaired) electrons. The summed E-state index contributed by atoms with van der Waals surface area (Å²) in [4.78, 5) is 16.0. The Hall–Kier alpha value is -3.79. The third-order valence-corrected chi connectivity index (χ3v) is 3.57. The van der Waals surface area contributed by atoms with Crippen LogP contribution in [0.15, 0.2) is 59.3 Å². The van der Waals surface area contributed by atoms with Gasteiger partial charge in [-0.25, -0.2) is 9.78 Å². The highest BCUT2D eigenvalue weighted by Crippen LogP contribution is 2.24. The molecular weight excluding hydrogens is 332 g/mol. The van der Waals surface area contributed by atoms with Crippen molar-refractivity contribution in [3.05, 3.63) is 71.9 Å². The summed E-state index contributed by atoms with van der Waals surface area (Å²) in [5.74, 6) is 1.84. The molecule has 7 heteroatoms. The van der Waals surface area contributed by atoms with E-state index < -0.39 is 0 Å². The van der Waals surface area contributed by atoms with Gasteiger partial charge in [-0.2, -0.15) is 5.26 Å². The van der Waals surface area contributed by atoms with Gasteiger partial charge in [0, 0.05) is 11.8 Å². The second-order valence-corrected chi connectivity index (χ2v) is 5.43. The number of rotatable bonds is 5. The lowest BCUT2D eigenvalue weighted by atomic mass is 10.2. The highest BCUT2D eigenvalue weighted by molar-refractivity contribution is 5.89. The Morgan fingerprint density at radius 2 is 2.04 bits per heavy atom. The summed E-state index contributed by atoms with van der Waals surface area (Å²) in [6.45, 7) is 2.06. The van der Waals surface area contributed by atoms with Crippen LogP contribution in [0.5, 0.6) is 11.5 Å². The molecule has 1 heterocycles. The number of nitrogens with one attached hydrogen (secondary N) is 2. The summed E-state index contributed by atoms with van der Waals surface area (Å²) in [7, 11) is 0. The van der Waals surface area contributed by atoms with Crippen LogP contribution >= 0.6 is 0 Å². The SMILES string of the molecule is Cc1ocnc1CNC(=O)Nc1cccc(Oc2ccc(C#N)cc2)c1. The van der Waals surface area contributed by atoms with Gasteiger partial charge in [0.05, 0.1) is 18.2 Å². The van der Waals surface area contributed by atoms with Gasteiger partial charge in [-0.15, -0.1) is 0 Å². The van der Waals surface area contributed by atoms with E-state index in [-0.39, 0.29) is 12.6 Å². The summed E-state index contributed by atoms with van der Waals surface area (Å²) in [5, 5.41) is 14.3. The molecule has 0 atom stereocenters. The van der Waals surface area contributed by atoms with Crippen molar-refractivity contribution in [3.63, 3.8) is 0 Å². The fraction of sp³-hybridized carbons (Fsp3) is 0.105. The second-order valence-electron chi connectivity index (χ2n) is 5.43. The number of aryl methyl sites for hydroxylation is 1. The molecule has 3 aromatic rings. The second kappa shape index (κ2) is 7.85. The monoisotopic (exact) mass is 348 g/mol. The summed E-state index contributed by atoms with van der Waals surface area (Å²) < 4.78 is 10.8. The molecule has 2 N–H and O–H groups in total. The van der Waals surface area contributed by atoms with E-state index in [9.17, 15) is 4.79 Å². The molecule has 2 amide bonds. The smallest absolute Gasteiger partial charge is 0.319 e. The van der Waals surface area contributed by atoms with Crippen molar-refractivity contribution in [2.45, 2.75) is 13.5 Å². The highest BCUT2D eigenvalue weighted by atomic mass is 16.5. The zero-order chi connectivity index (χ0) is 18.4. The molecular formula is C19H16N4O3. The van der Waals surface area contributed by atoms with Gasteiger partial charge >= 0.3 is 6.03 Å². The molecule has 0 aliphatic rings. The lowest BCUT2D eigenvalue weighted by Crippen LogP contribution is -2.28. The number of hydrogen-bond acceptors (Lipinski definition) is 5. The summed E-state index contributed by atoms with van der Waals surface area (Å²) in [6.07, 6.45) is 1.34. The largest absolute Gasteiger partial charge is 0.457 e. The van der Waals surface area contributed by atoms with Gasteiger partial charge in [0.15, 0.2) is 6.39 Å². The Balaban J connectivity index is 1.58. The van der Waals surface area contributed by atoms with E-state index in [1.165, 1.54) is 6.39 Å². The Labute approximate surface area is 150 Å². The molecule has 7 nitrogen and oxygen atoms in total. The van der Waals surface area contributed by atoms with E-state index in [1.54, 1.807) is 55.5 Å². The first-order chi connectivity index (χ1) is 12.6. The quantitative estimate of drug-likeness (QED) is 0.726. The summed E-state index contributed by atoms with van der Waals surface area (Å²) >= 11 is 0. The van der Waals surface area contributed by atoms with Crippen molar-refractivity contribution in [1.82, 2.24) is 10.3 Å². The van der Waals surface area contributed by atoms with Crippen LogP contribution in [-0.2, 0) is 6.54 Å². The van der Waals surface area contributed by atoms with Crippen LogP contribution < -0.4 is 15.4 Å². The lowest BCUT2D eigenvalue weighted by Gasteiger charge is -2.09. The molecule has 26 heavy (non-hydrogen) atoms. The molecule has 0 aliphatic heterocycles. The van der Waals surface area contributed by atoms with E-state index in [1.807, 2.05) is 0 Å². The first kappa shape index (κ1) is 17.0. The molecule has 3 rings (SSSR count). The minimum absolute atomic E-state index is 0.273. The van der Waals surface area contributed by atoms with Gasteiger partial charge < -0.3 is 19.8 Å². The van der Waals surface area contributed by atoms with Crippen molar-refractivity contribution in [2.24, 2.45) is 0 Å². The number of oxazole rings is 1. The predicted molar refractivity (Wildman–Crippen MR) is 94.8 cm³/mol. The number of anilines is 1. The first-order valence-electron chi connectivity index (χ1n) is 7.86. The van der Waals surface area contributed by atoms with Crippen LogP contribution in [0.1, 0.15) is 17.0 Å². The minimum Gasteiger partial charge on any atom is -0.457 e. The topological polar surface area (TPSA) is 100 Å². The molecule has 0 unspecified atom stereocenters. The number of nitriles is 1. The molecule has 0 bridgehead atoms. The fourth-order valence-corrected chi connectivity index (χ4v) is 2.21. The first-order valence-corrected chi connectivity index (χ1v) is 7.86. The summed E-state index contributed by atoms with van der Waals surface area (Å²) in [6, 6.07) is 15.5. The molecule has 0 spiro atoms. The maximum absolute atomic E-state index is 12.0. The number of carbonyl (C=O) groups excluding carboxylic acids is 1.